The third kappa shape index (κ3) is 8.57. The van der Waals surface area contributed by atoms with Gasteiger partial charge in [-0.3, -0.25) is 24.0 Å². The van der Waals surface area contributed by atoms with Crippen LogP contribution in [0.2, 0.25) is 0 Å². The first-order valence-corrected chi connectivity index (χ1v) is 19.7. The quantitative estimate of drug-likeness (QED) is 0.249. The number of ketones is 3. The Morgan fingerprint density at radius 3 is 2.20 bits per heavy atom. The molecule has 0 saturated carbocycles. The molecule has 5 aliphatic rings. The van der Waals surface area contributed by atoms with Crippen molar-refractivity contribution in [2.24, 2.45) is 28.8 Å². The number of aliphatic hydroxyl groups excluding tert-OH is 2. The molecular weight excluding hydrogens is 766 g/mol. The molecule has 1 aromatic carbocycles. The normalized spacial score (nSPS) is 32.7. The number of ether oxygens (including phenoxy) is 4. The number of esters is 1. The van der Waals surface area contributed by atoms with Crippen molar-refractivity contribution < 1.29 is 63.1 Å². The summed E-state index contributed by atoms with van der Waals surface area (Å²) in [7, 11) is 2.85. The van der Waals surface area contributed by atoms with Crippen molar-refractivity contribution in [3.63, 3.8) is 0 Å². The van der Waals surface area contributed by atoms with E-state index in [1.54, 1.807) is 44.7 Å². The Morgan fingerprint density at radius 1 is 0.932 bits per heavy atom. The number of methoxy groups -OCH3 is 1. The number of rotatable bonds is 4. The fourth-order valence-corrected chi connectivity index (χ4v) is 8.19. The highest BCUT2D eigenvalue weighted by atomic mass is 16.7. The Kier molecular flexibility index (Phi) is 13.6. The second kappa shape index (κ2) is 17.9. The van der Waals surface area contributed by atoms with Crippen molar-refractivity contribution in [1.82, 2.24) is 10.2 Å². The SMILES string of the molecule is CON=C1CCN(C2=C3NC(=O)/C(C)=C\C=C\[C@@H](C)[C@H](O)[C@@H](C)[C@@H](O)[C@@H](C)[C@@H](OC(C)=O)[C@H](C)[C@@H](OC)/C=C/O[C@@]4(C)Oc5c(C)c(O)c(c(c5C4=O)C2=O)C3=O)CC1. The highest BCUT2D eigenvalue weighted by Crippen LogP contribution is 2.49. The van der Waals surface area contributed by atoms with E-state index >= 15 is 0 Å². The third-order valence-corrected chi connectivity index (χ3v) is 11.8. The molecule has 16 heteroatoms. The fraction of sp³-hybridized carbons (Fsp3) is 0.535. The lowest BCUT2D eigenvalue weighted by Gasteiger charge is -2.38. The van der Waals surface area contributed by atoms with E-state index < -0.39 is 94.4 Å². The molecule has 0 radical (unpaired) electrons. The second-order valence-corrected chi connectivity index (χ2v) is 15.8. The van der Waals surface area contributed by atoms with E-state index in [9.17, 15) is 39.3 Å². The maximum absolute atomic E-state index is 14.8. The molecule has 1 saturated heterocycles. The Bertz CT molecular complexity index is 2040. The van der Waals surface area contributed by atoms with Gasteiger partial charge in [-0.1, -0.05) is 51.1 Å². The number of nitrogens with one attached hydrogen (secondary N) is 1. The number of aromatic hydroxyl groups is 1. The van der Waals surface area contributed by atoms with Gasteiger partial charge < -0.3 is 49.3 Å². The number of amides is 1. The maximum atomic E-state index is 14.8. The van der Waals surface area contributed by atoms with Gasteiger partial charge in [-0.05, 0) is 19.9 Å². The molecule has 1 fully saturated rings. The van der Waals surface area contributed by atoms with E-state index in [1.165, 1.54) is 60.3 Å². The first-order chi connectivity index (χ1) is 27.8. The van der Waals surface area contributed by atoms with Crippen LogP contribution >= 0.6 is 0 Å². The van der Waals surface area contributed by atoms with Gasteiger partial charge in [0.1, 0.15) is 36.1 Å². The van der Waals surface area contributed by atoms with Crippen LogP contribution < -0.4 is 10.1 Å². The first kappa shape index (κ1) is 44.8. The van der Waals surface area contributed by atoms with E-state index in [4.69, 9.17) is 23.8 Å². The van der Waals surface area contributed by atoms with Gasteiger partial charge in [0.05, 0.1) is 47.0 Å². The van der Waals surface area contributed by atoms with Crippen LogP contribution in [0.25, 0.3) is 0 Å². The summed E-state index contributed by atoms with van der Waals surface area (Å²) in [5.41, 5.74) is -0.798. The van der Waals surface area contributed by atoms with Crippen LogP contribution in [0.5, 0.6) is 11.5 Å². The number of phenols is 1. The summed E-state index contributed by atoms with van der Waals surface area (Å²) < 4.78 is 23.5. The highest BCUT2D eigenvalue weighted by Gasteiger charge is 2.53. The molecule has 9 atom stereocenters. The van der Waals surface area contributed by atoms with Gasteiger partial charge in [-0.2, -0.15) is 0 Å². The van der Waals surface area contributed by atoms with Crippen molar-refractivity contribution in [3.05, 3.63) is 69.8 Å². The average molecular weight is 822 g/mol. The average Bonchev–Trinajstić information content (AvgIpc) is 3.46. The molecule has 59 heavy (non-hydrogen) atoms. The number of carbonyl (C=O) groups is 5. The Morgan fingerprint density at radius 2 is 1.59 bits per heavy atom. The summed E-state index contributed by atoms with van der Waals surface area (Å²) in [4.78, 5) is 76.5. The molecule has 1 amide bonds. The second-order valence-electron chi connectivity index (χ2n) is 15.8. The van der Waals surface area contributed by atoms with Crippen molar-refractivity contribution in [3.8, 4) is 11.5 Å². The van der Waals surface area contributed by atoms with Crippen LogP contribution in [0.4, 0.5) is 0 Å². The topological polar surface area (TPSA) is 220 Å². The Labute approximate surface area is 343 Å². The lowest BCUT2D eigenvalue weighted by molar-refractivity contribution is -0.160. The van der Waals surface area contributed by atoms with E-state index in [0.717, 1.165) is 5.71 Å². The number of aliphatic hydroxyl groups is 2. The molecule has 0 spiro atoms. The number of fused-ring (bicyclic) bond motifs is 14. The summed E-state index contributed by atoms with van der Waals surface area (Å²) >= 11 is 0. The lowest BCUT2D eigenvalue weighted by atomic mass is 9.78. The zero-order valence-electron chi connectivity index (χ0n) is 35.2. The molecule has 16 nitrogen and oxygen atoms in total. The zero-order chi connectivity index (χ0) is 43.7. The molecule has 320 valence electrons. The number of carbonyl (C=O) groups excluding carboxylic acids is 5. The summed E-state index contributed by atoms with van der Waals surface area (Å²) in [6, 6.07) is 0. The van der Waals surface area contributed by atoms with Crippen LogP contribution in [0.3, 0.4) is 0 Å². The van der Waals surface area contributed by atoms with Crippen LogP contribution in [0.1, 0.15) is 97.9 Å². The van der Waals surface area contributed by atoms with Gasteiger partial charge in [0.15, 0.2) is 0 Å². The molecule has 4 heterocycles. The van der Waals surface area contributed by atoms with E-state index in [1.807, 2.05) is 0 Å². The van der Waals surface area contributed by atoms with Gasteiger partial charge in [0.25, 0.3) is 11.7 Å². The van der Waals surface area contributed by atoms with Gasteiger partial charge in [-0.15, -0.1) is 0 Å². The van der Waals surface area contributed by atoms with Crippen LogP contribution in [-0.2, 0) is 28.6 Å². The summed E-state index contributed by atoms with van der Waals surface area (Å²) in [6.07, 6.45) is 4.14. The summed E-state index contributed by atoms with van der Waals surface area (Å²) in [5.74, 6) is -9.19. The number of benzene rings is 1. The zero-order valence-corrected chi connectivity index (χ0v) is 35.2. The van der Waals surface area contributed by atoms with E-state index in [0.29, 0.717) is 12.8 Å². The number of hydrogen-bond acceptors (Lipinski definition) is 15. The minimum atomic E-state index is -2.09. The molecule has 4 aliphatic heterocycles. The van der Waals surface area contributed by atoms with Gasteiger partial charge in [-0.25, -0.2) is 0 Å². The molecule has 1 aromatic rings. The monoisotopic (exact) mass is 821 g/mol. The van der Waals surface area contributed by atoms with Crippen molar-refractivity contribution in [2.45, 2.75) is 98.4 Å². The highest BCUT2D eigenvalue weighted by molar-refractivity contribution is 6.32. The third-order valence-electron chi connectivity index (χ3n) is 11.8. The van der Waals surface area contributed by atoms with E-state index in [-0.39, 0.29) is 52.5 Å². The van der Waals surface area contributed by atoms with Crippen molar-refractivity contribution in [2.75, 3.05) is 27.3 Å². The van der Waals surface area contributed by atoms with Crippen LogP contribution in [0, 0.1) is 30.6 Å². The maximum Gasteiger partial charge on any atom is 0.312 e. The Balaban J connectivity index is 1.67. The first-order valence-electron chi connectivity index (χ1n) is 19.7. The van der Waals surface area contributed by atoms with Gasteiger partial charge in [0, 0.05) is 81.7 Å². The largest absolute Gasteiger partial charge is 0.507 e. The van der Waals surface area contributed by atoms with E-state index in [2.05, 4.69) is 10.5 Å². The molecule has 5 bridgehead atoms. The predicted octanol–water partition coefficient (Wildman–Crippen LogP) is 4.06. The number of allylic oxidation sites excluding steroid dienone is 4. The van der Waals surface area contributed by atoms with Crippen LogP contribution in [-0.4, -0.2) is 113 Å². The molecule has 1 aliphatic carbocycles. The number of nitrogens with zero attached hydrogens (tertiary/aromatic N) is 2. The number of oxime groups is 1. The molecule has 4 N–H and O–H groups in total. The summed E-state index contributed by atoms with van der Waals surface area (Å²) in [5, 5.41) is 41.1. The van der Waals surface area contributed by atoms with Gasteiger partial charge >= 0.3 is 11.8 Å². The fourth-order valence-electron chi connectivity index (χ4n) is 8.19. The number of likely N-dealkylation sites (tertiary alicyclic amines) is 1. The number of Topliss-reactive ketones (excluding diaryl/α,β-unsaturated/α-hetero) is 3. The van der Waals surface area contributed by atoms with Crippen LogP contribution in [0.15, 0.2) is 52.7 Å². The standard InChI is InChI=1S/C43H55N3O13/c1-20-12-11-13-21(2)42(54)44-32-33(46-17-14-27(15-18-46)45-56-10)38(52)29-30(37(32)51)36(50)25(6)40-31(29)41(53)43(8,59-40)57-19-16-28(55-9)22(3)39(58-26(7)47)24(5)35(49)23(4)34(20)48/h11-13,16,19-20,22-24,28,34-35,39,48-50H,14-15,17-18H2,1-10H3,(H,44,54)/b12-11+,19-16+,21-13-/t20-,22-,23-,24-,28+,34+,35-,39+,43+/m1/s1. The van der Waals surface area contributed by atoms with Crippen molar-refractivity contribution >= 4 is 34.9 Å². The smallest absolute Gasteiger partial charge is 0.312 e. The minimum absolute atomic E-state index is 0.00509. The number of phenolic OH excluding ortho intramolecular Hbond substituents is 1. The molecular formula is C43H55N3O13. The molecule has 0 unspecified atom stereocenters. The minimum Gasteiger partial charge on any atom is -0.507 e. The Hall–Kier alpha value is -5.32. The van der Waals surface area contributed by atoms with Gasteiger partial charge in [0.2, 0.25) is 11.6 Å². The lowest BCUT2D eigenvalue weighted by Crippen LogP contribution is -2.46. The van der Waals surface area contributed by atoms with Crippen molar-refractivity contribution in [1.29, 1.82) is 0 Å². The molecule has 6 rings (SSSR count). The predicted molar refractivity (Wildman–Crippen MR) is 213 cm³/mol. The number of piperidine rings is 1. The number of hydrogen-bond donors (Lipinski definition) is 4. The summed E-state index contributed by atoms with van der Waals surface area (Å²) in [6.45, 7) is 12.8. The molecule has 0 aromatic heterocycles.